The molecule has 0 bridgehead atoms. The Labute approximate surface area is 144 Å². The van der Waals surface area contributed by atoms with Crippen LogP contribution in [0.15, 0.2) is 60.7 Å². The standard InChI is InChI=1S/C21H16N2O2/c22-11-14-1-5-17(6-2-14)23-20-7-3-15(12-24)9-18(20)19-10-16(13-25)4-8-21(19)23/h1-10,12-13H,11,22H2. The van der Waals surface area contributed by atoms with Gasteiger partial charge in [-0.05, 0) is 54.1 Å². The molecule has 0 saturated heterocycles. The van der Waals surface area contributed by atoms with Gasteiger partial charge in [0.15, 0.2) is 0 Å². The summed E-state index contributed by atoms with van der Waals surface area (Å²) in [6.07, 6.45) is 1.67. The Balaban J connectivity index is 2.10. The summed E-state index contributed by atoms with van der Waals surface area (Å²) >= 11 is 0. The number of rotatable bonds is 4. The molecule has 2 N–H and O–H groups in total. The second-order valence-electron chi connectivity index (χ2n) is 5.99. The van der Waals surface area contributed by atoms with Crippen LogP contribution in [-0.2, 0) is 6.54 Å². The summed E-state index contributed by atoms with van der Waals surface area (Å²) in [5.41, 5.74) is 11.0. The number of carbonyl (C=O) groups excluding carboxylic acids is 2. The summed E-state index contributed by atoms with van der Waals surface area (Å²) in [7, 11) is 0. The van der Waals surface area contributed by atoms with Gasteiger partial charge in [-0.15, -0.1) is 0 Å². The smallest absolute Gasteiger partial charge is 0.150 e. The molecule has 4 rings (SSSR count). The van der Waals surface area contributed by atoms with Crippen LogP contribution in [0.25, 0.3) is 27.5 Å². The third-order valence-electron chi connectivity index (χ3n) is 4.52. The van der Waals surface area contributed by atoms with Crippen molar-refractivity contribution < 1.29 is 9.59 Å². The normalized spacial score (nSPS) is 11.1. The van der Waals surface area contributed by atoms with Crippen molar-refractivity contribution in [3.8, 4) is 5.69 Å². The van der Waals surface area contributed by atoms with Crippen molar-refractivity contribution in [2.45, 2.75) is 6.54 Å². The van der Waals surface area contributed by atoms with Crippen LogP contribution >= 0.6 is 0 Å². The first-order valence-electron chi connectivity index (χ1n) is 8.03. The Kier molecular flexibility index (Phi) is 3.67. The van der Waals surface area contributed by atoms with E-state index < -0.39 is 0 Å². The lowest BCUT2D eigenvalue weighted by molar-refractivity contribution is 0.111. The van der Waals surface area contributed by atoms with Crippen LogP contribution in [0.3, 0.4) is 0 Å². The number of fused-ring (bicyclic) bond motifs is 3. The minimum atomic E-state index is 0.499. The fraction of sp³-hybridized carbons (Fsp3) is 0.0476. The van der Waals surface area contributed by atoms with Gasteiger partial charge in [0.05, 0.1) is 11.0 Å². The zero-order valence-corrected chi connectivity index (χ0v) is 13.5. The summed E-state index contributed by atoms with van der Waals surface area (Å²) in [4.78, 5) is 22.4. The van der Waals surface area contributed by atoms with E-state index >= 15 is 0 Å². The summed E-state index contributed by atoms with van der Waals surface area (Å²) in [5, 5.41) is 1.90. The number of aldehydes is 2. The van der Waals surface area contributed by atoms with Gasteiger partial charge in [0.25, 0.3) is 0 Å². The molecular formula is C21H16N2O2. The molecule has 0 unspecified atom stereocenters. The van der Waals surface area contributed by atoms with Gasteiger partial charge in [-0.1, -0.05) is 12.1 Å². The second kappa shape index (κ2) is 6.00. The molecule has 25 heavy (non-hydrogen) atoms. The zero-order valence-electron chi connectivity index (χ0n) is 13.5. The van der Waals surface area contributed by atoms with Gasteiger partial charge in [-0.25, -0.2) is 0 Å². The molecule has 4 aromatic rings. The Bertz CT molecular complexity index is 1040. The van der Waals surface area contributed by atoms with Crippen molar-refractivity contribution in [3.05, 3.63) is 77.4 Å². The first-order chi connectivity index (χ1) is 12.2. The van der Waals surface area contributed by atoms with Crippen molar-refractivity contribution in [2.75, 3.05) is 0 Å². The lowest BCUT2D eigenvalue weighted by atomic mass is 10.1. The maximum Gasteiger partial charge on any atom is 0.150 e. The van der Waals surface area contributed by atoms with Crippen LogP contribution < -0.4 is 5.73 Å². The number of nitrogens with two attached hydrogens (primary N) is 1. The van der Waals surface area contributed by atoms with Crippen LogP contribution in [0.5, 0.6) is 0 Å². The highest BCUT2D eigenvalue weighted by Crippen LogP contribution is 2.33. The summed E-state index contributed by atoms with van der Waals surface area (Å²) in [5.74, 6) is 0. The van der Waals surface area contributed by atoms with Crippen LogP contribution in [0.1, 0.15) is 26.3 Å². The van der Waals surface area contributed by atoms with E-state index in [4.69, 9.17) is 5.73 Å². The lowest BCUT2D eigenvalue weighted by Gasteiger charge is -2.08. The average Bonchev–Trinajstić information content (AvgIpc) is 3.00. The van der Waals surface area contributed by atoms with Gasteiger partial charge in [0, 0.05) is 34.1 Å². The third-order valence-corrected chi connectivity index (χ3v) is 4.52. The first-order valence-corrected chi connectivity index (χ1v) is 8.03. The lowest BCUT2D eigenvalue weighted by Crippen LogP contribution is -1.98. The van der Waals surface area contributed by atoms with E-state index in [1.165, 1.54) is 0 Å². The predicted octanol–water partition coefficient (Wildman–Crippen LogP) is 3.87. The number of hydrogen-bond acceptors (Lipinski definition) is 3. The van der Waals surface area contributed by atoms with Gasteiger partial charge >= 0.3 is 0 Å². The van der Waals surface area contributed by atoms with Crippen LogP contribution in [-0.4, -0.2) is 17.1 Å². The highest BCUT2D eigenvalue weighted by Gasteiger charge is 2.13. The Morgan fingerprint density at radius 2 is 1.28 bits per heavy atom. The molecule has 0 aliphatic heterocycles. The molecule has 0 amide bonds. The highest BCUT2D eigenvalue weighted by molar-refractivity contribution is 6.11. The molecule has 1 aromatic heterocycles. The molecule has 0 aliphatic rings. The van der Waals surface area contributed by atoms with E-state index in [2.05, 4.69) is 4.57 Å². The SMILES string of the molecule is NCc1ccc(-n2c3ccc(C=O)cc3c3cc(C=O)ccc32)cc1. The zero-order chi connectivity index (χ0) is 17.4. The molecule has 122 valence electrons. The van der Waals surface area contributed by atoms with Crippen molar-refractivity contribution in [1.29, 1.82) is 0 Å². The largest absolute Gasteiger partial charge is 0.326 e. The van der Waals surface area contributed by atoms with Crippen molar-refractivity contribution in [1.82, 2.24) is 4.57 Å². The van der Waals surface area contributed by atoms with E-state index in [-0.39, 0.29) is 0 Å². The Morgan fingerprint density at radius 1 is 0.760 bits per heavy atom. The third kappa shape index (κ3) is 2.44. The van der Waals surface area contributed by atoms with Crippen LogP contribution in [0, 0.1) is 0 Å². The predicted molar refractivity (Wildman–Crippen MR) is 99.4 cm³/mol. The average molecular weight is 328 g/mol. The first kappa shape index (κ1) is 15.3. The molecule has 0 fully saturated rings. The van der Waals surface area contributed by atoms with Gasteiger partial charge in [0.2, 0.25) is 0 Å². The van der Waals surface area contributed by atoms with Gasteiger partial charge < -0.3 is 10.3 Å². The number of nitrogens with zero attached hydrogens (tertiary/aromatic N) is 1. The molecule has 4 nitrogen and oxygen atoms in total. The second-order valence-corrected chi connectivity index (χ2v) is 5.99. The molecule has 0 radical (unpaired) electrons. The number of carbonyl (C=O) groups is 2. The minimum Gasteiger partial charge on any atom is -0.326 e. The summed E-state index contributed by atoms with van der Waals surface area (Å²) in [6.45, 7) is 0.499. The summed E-state index contributed by atoms with van der Waals surface area (Å²) in [6, 6.07) is 19.3. The highest BCUT2D eigenvalue weighted by atomic mass is 16.1. The number of hydrogen-bond donors (Lipinski definition) is 1. The van der Waals surface area contributed by atoms with Gasteiger partial charge in [-0.2, -0.15) is 0 Å². The van der Waals surface area contributed by atoms with Crippen LogP contribution in [0.2, 0.25) is 0 Å². The van der Waals surface area contributed by atoms with Crippen molar-refractivity contribution in [2.24, 2.45) is 5.73 Å². The van der Waals surface area contributed by atoms with Crippen LogP contribution in [0.4, 0.5) is 0 Å². The molecule has 0 aliphatic carbocycles. The van der Waals surface area contributed by atoms with Crippen molar-refractivity contribution in [3.63, 3.8) is 0 Å². The van der Waals surface area contributed by atoms with E-state index in [0.29, 0.717) is 17.7 Å². The van der Waals surface area contributed by atoms with E-state index in [1.54, 1.807) is 12.1 Å². The monoisotopic (exact) mass is 328 g/mol. The fourth-order valence-corrected chi connectivity index (χ4v) is 3.26. The minimum absolute atomic E-state index is 0.499. The molecular weight excluding hydrogens is 312 g/mol. The Morgan fingerprint density at radius 3 is 1.72 bits per heavy atom. The van der Waals surface area contributed by atoms with Crippen molar-refractivity contribution >= 4 is 34.4 Å². The molecule has 3 aromatic carbocycles. The molecule has 4 heteroatoms. The molecule has 0 atom stereocenters. The number of aromatic nitrogens is 1. The molecule has 1 heterocycles. The van der Waals surface area contributed by atoms with Gasteiger partial charge in [-0.3, -0.25) is 9.59 Å². The summed E-state index contributed by atoms with van der Waals surface area (Å²) < 4.78 is 2.13. The molecule has 0 saturated carbocycles. The van der Waals surface area contributed by atoms with E-state index in [0.717, 1.165) is 45.6 Å². The van der Waals surface area contributed by atoms with E-state index in [9.17, 15) is 9.59 Å². The van der Waals surface area contributed by atoms with E-state index in [1.807, 2.05) is 48.5 Å². The topological polar surface area (TPSA) is 65.1 Å². The maximum absolute atomic E-state index is 11.2. The number of benzene rings is 3. The fourth-order valence-electron chi connectivity index (χ4n) is 3.26. The van der Waals surface area contributed by atoms with Gasteiger partial charge in [0.1, 0.15) is 12.6 Å². The Hall–Kier alpha value is -3.24. The maximum atomic E-state index is 11.2. The molecule has 0 spiro atoms. The quantitative estimate of drug-likeness (QED) is 0.578.